The van der Waals surface area contributed by atoms with Gasteiger partial charge in [-0.2, -0.15) is 9.94 Å². The minimum Gasteiger partial charge on any atom is -0.192 e. The molecule has 82 valence electrons. The zero-order chi connectivity index (χ0) is 11.8. The average molecular weight is 223 g/mol. The van der Waals surface area contributed by atoms with Crippen molar-refractivity contribution in [3.8, 4) is 17.3 Å². The highest BCUT2D eigenvalue weighted by molar-refractivity contribution is 5.58. The predicted octanol–water partition coefficient (Wildman–Crippen LogP) is 1.40. The number of hydrogen-bond acceptors (Lipinski definition) is 1. The molecule has 4 heteroatoms. The van der Waals surface area contributed by atoms with Gasteiger partial charge in [-0.25, -0.2) is 0 Å². The largest absolute Gasteiger partial charge is 0.195 e. The summed E-state index contributed by atoms with van der Waals surface area (Å²) in [6.07, 6.45) is 6.04. The van der Waals surface area contributed by atoms with Crippen LogP contribution in [0.1, 0.15) is 5.56 Å². The molecule has 3 rings (SSSR count). The van der Waals surface area contributed by atoms with Crippen molar-refractivity contribution in [2.45, 2.75) is 0 Å². The molecule has 0 aliphatic carbocycles. The van der Waals surface area contributed by atoms with Crippen LogP contribution in [0, 0.1) is 11.3 Å². The van der Waals surface area contributed by atoms with Crippen LogP contribution < -0.4 is 4.52 Å². The van der Waals surface area contributed by atoms with Crippen LogP contribution in [0.3, 0.4) is 0 Å². The lowest BCUT2D eigenvalue weighted by atomic mass is 10.1. The lowest BCUT2D eigenvalue weighted by Crippen LogP contribution is -2.24. The van der Waals surface area contributed by atoms with E-state index in [-0.39, 0.29) is 0 Å². The summed E-state index contributed by atoms with van der Waals surface area (Å²) < 4.78 is 6.07. The summed E-state index contributed by atoms with van der Waals surface area (Å²) in [7, 11) is 2.01. The van der Waals surface area contributed by atoms with E-state index in [1.54, 1.807) is 0 Å². The number of fused-ring (bicyclic) bond motifs is 1. The van der Waals surface area contributed by atoms with Crippen LogP contribution in [0.25, 0.3) is 11.3 Å². The van der Waals surface area contributed by atoms with Gasteiger partial charge in [0.25, 0.3) is 0 Å². The standard InChI is InChI=1S/C13H11N4/c1-15-13(10-16-7-2-8-17(15)16)12-5-3-11(9-14)4-6-12/h2-8,10H,1H3/q+1. The van der Waals surface area contributed by atoms with Gasteiger partial charge in [-0.15, -0.1) is 4.52 Å². The zero-order valence-corrected chi connectivity index (χ0v) is 9.41. The van der Waals surface area contributed by atoms with Gasteiger partial charge in [0.15, 0.2) is 11.9 Å². The maximum atomic E-state index is 8.77. The highest BCUT2D eigenvalue weighted by Crippen LogP contribution is 2.17. The molecule has 0 unspecified atom stereocenters. The molecule has 4 nitrogen and oxygen atoms in total. The molecule has 0 atom stereocenters. The Morgan fingerprint density at radius 1 is 1.24 bits per heavy atom. The minimum atomic E-state index is 0.683. The Morgan fingerprint density at radius 3 is 2.65 bits per heavy atom. The van der Waals surface area contributed by atoms with E-state index in [2.05, 4.69) is 16.9 Å². The summed E-state index contributed by atoms with van der Waals surface area (Å²) in [6, 6.07) is 11.7. The summed E-state index contributed by atoms with van der Waals surface area (Å²) in [5, 5.41) is 8.77. The van der Waals surface area contributed by atoms with Crippen molar-refractivity contribution < 1.29 is 4.52 Å². The van der Waals surface area contributed by atoms with E-state index < -0.39 is 0 Å². The van der Waals surface area contributed by atoms with Crippen molar-refractivity contribution in [3.05, 3.63) is 54.5 Å². The lowest BCUT2D eigenvalue weighted by Gasteiger charge is -1.96. The second-order valence-electron chi connectivity index (χ2n) is 3.92. The number of hydrogen-bond donors (Lipinski definition) is 0. The van der Waals surface area contributed by atoms with Crippen LogP contribution in [0.2, 0.25) is 0 Å². The number of benzene rings is 1. The first kappa shape index (κ1) is 9.67. The number of nitriles is 1. The van der Waals surface area contributed by atoms with Gasteiger partial charge in [-0.05, 0) is 24.3 Å². The Bertz CT molecular complexity index is 710. The molecule has 17 heavy (non-hydrogen) atoms. The molecule has 0 fully saturated rings. The van der Waals surface area contributed by atoms with E-state index in [4.69, 9.17) is 5.26 Å². The van der Waals surface area contributed by atoms with Crippen LogP contribution in [0.15, 0.2) is 48.9 Å². The predicted molar refractivity (Wildman–Crippen MR) is 62.2 cm³/mol. The van der Waals surface area contributed by atoms with Gasteiger partial charge < -0.3 is 0 Å². The van der Waals surface area contributed by atoms with E-state index in [0.717, 1.165) is 11.3 Å². The van der Waals surface area contributed by atoms with Crippen molar-refractivity contribution in [1.82, 2.24) is 9.31 Å². The van der Waals surface area contributed by atoms with Crippen molar-refractivity contribution in [2.24, 2.45) is 7.05 Å². The number of nitrogens with zero attached hydrogens (tertiary/aromatic N) is 4. The molecule has 0 bridgehead atoms. The third kappa shape index (κ3) is 1.41. The first-order chi connectivity index (χ1) is 8.29. The maximum absolute atomic E-state index is 8.77. The van der Waals surface area contributed by atoms with Crippen molar-refractivity contribution >= 4 is 0 Å². The Balaban J connectivity index is 2.16. The molecule has 3 aromatic rings. The van der Waals surface area contributed by atoms with Gasteiger partial charge in [0.2, 0.25) is 0 Å². The Hall–Kier alpha value is -2.54. The molecule has 0 N–H and O–H groups in total. The second-order valence-corrected chi connectivity index (χ2v) is 3.92. The molecular formula is C13H11N4+. The van der Waals surface area contributed by atoms with Gasteiger partial charge in [-0.1, -0.05) is 4.63 Å². The Morgan fingerprint density at radius 2 is 2.00 bits per heavy atom. The van der Waals surface area contributed by atoms with Gasteiger partial charge in [0.05, 0.1) is 17.8 Å². The SMILES string of the molecule is Cn1c(-c2ccc(C#N)cc2)c[n+]2cccn12. The van der Waals surface area contributed by atoms with Crippen molar-refractivity contribution in [1.29, 1.82) is 5.26 Å². The average Bonchev–Trinajstić information content (AvgIpc) is 2.93. The molecule has 1 aromatic carbocycles. The van der Waals surface area contributed by atoms with E-state index in [1.165, 1.54) is 0 Å². The maximum Gasteiger partial charge on any atom is 0.195 e. The summed E-state index contributed by atoms with van der Waals surface area (Å²) in [6.45, 7) is 0. The van der Waals surface area contributed by atoms with Crippen LogP contribution in [0.4, 0.5) is 0 Å². The number of aryl methyl sites for hydroxylation is 1. The monoisotopic (exact) mass is 223 g/mol. The third-order valence-corrected chi connectivity index (χ3v) is 2.92. The lowest BCUT2D eigenvalue weighted by molar-refractivity contribution is -0.620. The molecule has 0 radical (unpaired) electrons. The molecule has 0 saturated carbocycles. The highest BCUT2D eigenvalue weighted by Gasteiger charge is 2.14. The van der Waals surface area contributed by atoms with Gasteiger partial charge in [0, 0.05) is 11.6 Å². The first-order valence-corrected chi connectivity index (χ1v) is 5.35. The quantitative estimate of drug-likeness (QED) is 0.574. The Kier molecular flexibility index (Phi) is 1.99. The number of rotatable bonds is 1. The van der Waals surface area contributed by atoms with E-state index >= 15 is 0 Å². The van der Waals surface area contributed by atoms with Gasteiger partial charge in [-0.3, -0.25) is 0 Å². The third-order valence-electron chi connectivity index (χ3n) is 2.92. The summed E-state index contributed by atoms with van der Waals surface area (Å²) in [5.74, 6) is 0. The van der Waals surface area contributed by atoms with E-state index in [9.17, 15) is 0 Å². The fraction of sp³-hybridized carbons (Fsp3) is 0.0769. The van der Waals surface area contributed by atoms with Crippen LogP contribution >= 0.6 is 0 Å². The molecule has 0 aliphatic heterocycles. The number of aromatic nitrogens is 3. The fourth-order valence-corrected chi connectivity index (χ4v) is 2.00. The van der Waals surface area contributed by atoms with Crippen molar-refractivity contribution in [2.75, 3.05) is 0 Å². The summed E-state index contributed by atoms with van der Waals surface area (Å²) in [4.78, 5) is 0. The molecule has 0 saturated heterocycles. The molecule has 0 aliphatic rings. The van der Waals surface area contributed by atoms with Gasteiger partial charge >= 0.3 is 0 Å². The topological polar surface area (TPSA) is 37.2 Å². The minimum absolute atomic E-state index is 0.683. The highest BCUT2D eigenvalue weighted by atomic mass is 15.5. The van der Waals surface area contributed by atoms with Crippen molar-refractivity contribution in [3.63, 3.8) is 0 Å². The summed E-state index contributed by atoms with van der Waals surface area (Å²) in [5.41, 5.74) is 2.89. The van der Waals surface area contributed by atoms with E-state index in [1.807, 2.05) is 58.9 Å². The second kappa shape index (κ2) is 3.49. The normalized spacial score (nSPS) is 10.6. The van der Waals surface area contributed by atoms with Crippen LogP contribution in [-0.4, -0.2) is 9.31 Å². The molecular weight excluding hydrogens is 212 g/mol. The van der Waals surface area contributed by atoms with Gasteiger partial charge in [0.1, 0.15) is 13.2 Å². The fourth-order valence-electron chi connectivity index (χ4n) is 2.00. The Labute approximate surface area is 98.5 Å². The smallest absolute Gasteiger partial charge is 0.192 e. The first-order valence-electron chi connectivity index (χ1n) is 5.35. The van der Waals surface area contributed by atoms with Crippen LogP contribution in [0.5, 0.6) is 0 Å². The molecule has 2 heterocycles. The van der Waals surface area contributed by atoms with Crippen LogP contribution in [-0.2, 0) is 7.05 Å². The zero-order valence-electron chi connectivity index (χ0n) is 9.41. The molecule has 2 aromatic heterocycles. The molecule has 0 amide bonds. The summed E-state index contributed by atoms with van der Waals surface area (Å²) >= 11 is 0. The van der Waals surface area contributed by atoms with E-state index in [0.29, 0.717) is 5.56 Å². The molecule has 0 spiro atoms.